The predicted octanol–water partition coefficient (Wildman–Crippen LogP) is 2.53. The Morgan fingerprint density at radius 1 is 1.13 bits per heavy atom. The Hall–Kier alpha value is -3.79. The molecule has 3 heterocycles. The van der Waals surface area contributed by atoms with Gasteiger partial charge in [0, 0.05) is 23.7 Å². The Morgan fingerprint density at radius 2 is 1.94 bits per heavy atom. The number of ether oxygens (including phenoxy) is 2. The van der Waals surface area contributed by atoms with E-state index in [-0.39, 0.29) is 17.8 Å². The molecule has 0 spiro atoms. The number of aromatic nitrogens is 4. The Kier molecular flexibility index (Phi) is 4.83. The lowest BCUT2D eigenvalue weighted by Crippen LogP contribution is -2.34. The van der Waals surface area contributed by atoms with Crippen molar-refractivity contribution in [2.45, 2.75) is 11.4 Å². The second-order valence-electron chi connectivity index (χ2n) is 6.77. The smallest absolute Gasteiger partial charge is 0.334 e. The van der Waals surface area contributed by atoms with Gasteiger partial charge in [0.2, 0.25) is 12.7 Å². The lowest BCUT2D eigenvalue weighted by atomic mass is 10.2. The van der Waals surface area contributed by atoms with E-state index in [4.69, 9.17) is 9.47 Å². The summed E-state index contributed by atoms with van der Waals surface area (Å²) in [6, 6.07) is 13.0. The molecule has 0 saturated carbocycles. The minimum atomic E-state index is -0.603. The third-order valence-corrected chi connectivity index (χ3v) is 5.62. The van der Waals surface area contributed by atoms with E-state index in [1.807, 2.05) is 30.5 Å². The average Bonchev–Trinajstić information content (AvgIpc) is 3.26. The normalized spacial score (nSPS) is 12.3. The van der Waals surface area contributed by atoms with Gasteiger partial charge in [-0.05, 0) is 36.1 Å². The summed E-state index contributed by atoms with van der Waals surface area (Å²) in [4.78, 5) is 38.0. The molecule has 0 amide bonds. The van der Waals surface area contributed by atoms with Crippen molar-refractivity contribution in [2.75, 3.05) is 18.4 Å². The standard InChI is InChI=1S/C21H17N5O4S/c1-31-14-5-2-12(3-6-14)9-22-20-23-10-15-18(24-20)25-21(28)26(19(15)27)13-4-7-16-17(8-13)30-11-29-16/h2-8,10H,9,11H2,1H3,(H2,22,23,24,25,28). The van der Waals surface area contributed by atoms with Crippen LogP contribution in [0.15, 0.2) is 63.1 Å². The summed E-state index contributed by atoms with van der Waals surface area (Å²) >= 11 is 1.68. The zero-order valence-corrected chi connectivity index (χ0v) is 17.2. The van der Waals surface area contributed by atoms with Gasteiger partial charge in [-0.15, -0.1) is 11.8 Å². The number of nitrogens with one attached hydrogen (secondary N) is 2. The van der Waals surface area contributed by atoms with Crippen LogP contribution in [0.5, 0.6) is 11.5 Å². The summed E-state index contributed by atoms with van der Waals surface area (Å²) in [7, 11) is 0. The van der Waals surface area contributed by atoms with Crippen LogP contribution in [-0.4, -0.2) is 32.6 Å². The first kappa shape index (κ1) is 19.2. The third kappa shape index (κ3) is 3.61. The third-order valence-electron chi connectivity index (χ3n) is 4.87. The van der Waals surface area contributed by atoms with Crippen molar-refractivity contribution in [2.24, 2.45) is 0 Å². The molecule has 0 unspecified atom stereocenters. The molecule has 0 atom stereocenters. The number of H-pyrrole nitrogens is 1. The van der Waals surface area contributed by atoms with Crippen molar-refractivity contribution in [1.82, 2.24) is 19.5 Å². The zero-order chi connectivity index (χ0) is 21.4. The summed E-state index contributed by atoms with van der Waals surface area (Å²) in [5.41, 5.74) is 0.481. The van der Waals surface area contributed by atoms with Crippen LogP contribution in [0.25, 0.3) is 16.7 Å². The van der Waals surface area contributed by atoms with E-state index in [1.54, 1.807) is 30.0 Å². The molecule has 0 bridgehead atoms. The van der Waals surface area contributed by atoms with E-state index in [1.165, 1.54) is 11.1 Å². The van der Waals surface area contributed by atoms with Gasteiger partial charge >= 0.3 is 5.69 Å². The van der Waals surface area contributed by atoms with Gasteiger partial charge in [0.05, 0.1) is 5.69 Å². The van der Waals surface area contributed by atoms with E-state index in [2.05, 4.69) is 20.3 Å². The number of hydrogen-bond acceptors (Lipinski definition) is 8. The van der Waals surface area contributed by atoms with Crippen LogP contribution >= 0.6 is 11.8 Å². The molecule has 9 nitrogen and oxygen atoms in total. The Morgan fingerprint density at radius 3 is 2.74 bits per heavy atom. The summed E-state index contributed by atoms with van der Waals surface area (Å²) in [5.74, 6) is 1.36. The SMILES string of the molecule is CSc1ccc(CNc2ncc3c(=O)n(-c4ccc5c(c4)OCO5)c(=O)[nH]c3n2)cc1. The van der Waals surface area contributed by atoms with E-state index in [0.29, 0.717) is 29.7 Å². The number of benzene rings is 2. The van der Waals surface area contributed by atoms with Gasteiger partial charge in [0.15, 0.2) is 17.1 Å². The number of hydrogen-bond donors (Lipinski definition) is 2. The molecule has 10 heteroatoms. The summed E-state index contributed by atoms with van der Waals surface area (Å²) < 4.78 is 11.6. The number of fused-ring (bicyclic) bond motifs is 2. The molecule has 156 valence electrons. The van der Waals surface area contributed by atoms with Gasteiger partial charge in [-0.3, -0.25) is 9.78 Å². The van der Waals surface area contributed by atoms with E-state index in [9.17, 15) is 9.59 Å². The van der Waals surface area contributed by atoms with Crippen molar-refractivity contribution >= 4 is 28.7 Å². The van der Waals surface area contributed by atoms with Crippen LogP contribution in [0.2, 0.25) is 0 Å². The monoisotopic (exact) mass is 435 g/mol. The maximum atomic E-state index is 13.0. The lowest BCUT2D eigenvalue weighted by molar-refractivity contribution is 0.174. The fourth-order valence-electron chi connectivity index (χ4n) is 3.27. The predicted molar refractivity (Wildman–Crippen MR) is 117 cm³/mol. The maximum absolute atomic E-state index is 13.0. The highest BCUT2D eigenvalue weighted by atomic mass is 32.2. The Balaban J connectivity index is 1.45. The van der Waals surface area contributed by atoms with Crippen LogP contribution < -0.4 is 26.0 Å². The van der Waals surface area contributed by atoms with Crippen molar-refractivity contribution in [3.63, 3.8) is 0 Å². The molecule has 0 saturated heterocycles. The molecule has 2 N–H and O–H groups in total. The van der Waals surface area contributed by atoms with E-state index >= 15 is 0 Å². The molecule has 2 aromatic heterocycles. The summed E-state index contributed by atoms with van der Waals surface area (Å²) in [6.07, 6.45) is 3.43. The first-order valence-corrected chi connectivity index (χ1v) is 10.6. The molecule has 2 aromatic carbocycles. The molecule has 0 fully saturated rings. The maximum Gasteiger partial charge on any atom is 0.334 e. The number of thioether (sulfide) groups is 1. The van der Waals surface area contributed by atoms with Gasteiger partial charge in [0.1, 0.15) is 5.39 Å². The number of nitrogens with zero attached hydrogens (tertiary/aromatic N) is 3. The average molecular weight is 435 g/mol. The van der Waals surface area contributed by atoms with Gasteiger partial charge in [-0.25, -0.2) is 14.3 Å². The molecule has 1 aliphatic rings. The van der Waals surface area contributed by atoms with Crippen molar-refractivity contribution < 1.29 is 9.47 Å². The minimum Gasteiger partial charge on any atom is -0.454 e. The number of anilines is 1. The van der Waals surface area contributed by atoms with Gasteiger partial charge in [-0.2, -0.15) is 4.98 Å². The topological polar surface area (TPSA) is 111 Å². The van der Waals surface area contributed by atoms with E-state index < -0.39 is 11.2 Å². The second-order valence-corrected chi connectivity index (χ2v) is 7.65. The summed E-state index contributed by atoms with van der Waals surface area (Å²) in [6.45, 7) is 0.617. The first-order valence-electron chi connectivity index (χ1n) is 9.41. The van der Waals surface area contributed by atoms with Crippen LogP contribution in [0.1, 0.15) is 5.56 Å². The molecular weight excluding hydrogens is 418 g/mol. The highest BCUT2D eigenvalue weighted by molar-refractivity contribution is 7.98. The van der Waals surface area contributed by atoms with Gasteiger partial charge in [-0.1, -0.05) is 12.1 Å². The highest BCUT2D eigenvalue weighted by Gasteiger charge is 2.17. The molecule has 0 radical (unpaired) electrons. The van der Waals surface area contributed by atoms with Gasteiger partial charge < -0.3 is 14.8 Å². The van der Waals surface area contributed by atoms with Crippen LogP contribution in [0.4, 0.5) is 5.95 Å². The minimum absolute atomic E-state index is 0.104. The number of aromatic amines is 1. The summed E-state index contributed by atoms with van der Waals surface area (Å²) in [5, 5.41) is 3.31. The lowest BCUT2D eigenvalue weighted by Gasteiger charge is -2.09. The molecular formula is C21H17N5O4S. The van der Waals surface area contributed by atoms with Crippen LogP contribution in [0, 0.1) is 0 Å². The zero-order valence-electron chi connectivity index (χ0n) is 16.4. The molecule has 4 aromatic rings. The number of rotatable bonds is 5. The molecule has 1 aliphatic heterocycles. The van der Waals surface area contributed by atoms with Crippen LogP contribution in [0.3, 0.4) is 0 Å². The fourth-order valence-corrected chi connectivity index (χ4v) is 3.68. The second kappa shape index (κ2) is 7.80. The first-order chi connectivity index (χ1) is 15.1. The Labute approximate surface area is 180 Å². The molecule has 31 heavy (non-hydrogen) atoms. The van der Waals surface area contributed by atoms with Crippen molar-refractivity contribution in [1.29, 1.82) is 0 Å². The highest BCUT2D eigenvalue weighted by Crippen LogP contribution is 2.33. The largest absolute Gasteiger partial charge is 0.454 e. The van der Waals surface area contributed by atoms with Crippen LogP contribution in [-0.2, 0) is 6.54 Å². The Bertz CT molecular complexity index is 1400. The van der Waals surface area contributed by atoms with Crippen molar-refractivity contribution in [3.8, 4) is 17.2 Å². The van der Waals surface area contributed by atoms with E-state index in [0.717, 1.165) is 10.1 Å². The fraction of sp³-hybridized carbons (Fsp3) is 0.143. The van der Waals surface area contributed by atoms with Gasteiger partial charge in [0.25, 0.3) is 5.56 Å². The molecule has 0 aliphatic carbocycles. The van der Waals surface area contributed by atoms with Crippen molar-refractivity contribution in [3.05, 3.63) is 75.1 Å². The quantitative estimate of drug-likeness (QED) is 0.460. The molecule has 5 rings (SSSR count).